The highest BCUT2D eigenvalue weighted by atomic mass is 16.3. The van der Waals surface area contributed by atoms with Crippen molar-refractivity contribution in [3.63, 3.8) is 0 Å². The van der Waals surface area contributed by atoms with E-state index in [9.17, 15) is 10.2 Å². The van der Waals surface area contributed by atoms with Crippen molar-refractivity contribution in [2.75, 3.05) is 0 Å². The highest BCUT2D eigenvalue weighted by Gasteiger charge is 2.31. The molecule has 0 aliphatic heterocycles. The average Bonchev–Trinajstić information content (AvgIpc) is 2.72. The van der Waals surface area contributed by atoms with Crippen LogP contribution < -0.4 is 0 Å². The van der Waals surface area contributed by atoms with Crippen molar-refractivity contribution >= 4 is 5.57 Å². The first-order valence-electron chi connectivity index (χ1n) is 12.2. The summed E-state index contributed by atoms with van der Waals surface area (Å²) in [5.41, 5.74) is 14.2. The molecule has 0 amide bonds. The van der Waals surface area contributed by atoms with Crippen molar-refractivity contribution < 1.29 is 10.2 Å². The Morgan fingerprint density at radius 3 is 1.76 bits per heavy atom. The van der Waals surface area contributed by atoms with E-state index < -0.39 is 0 Å². The molecule has 0 spiro atoms. The summed E-state index contributed by atoms with van der Waals surface area (Å²) in [4.78, 5) is 0. The van der Waals surface area contributed by atoms with E-state index in [1.165, 1.54) is 22.3 Å². The quantitative estimate of drug-likeness (QED) is 0.367. The molecule has 2 aromatic carbocycles. The van der Waals surface area contributed by atoms with Crippen LogP contribution in [0.3, 0.4) is 0 Å². The lowest BCUT2D eigenvalue weighted by Gasteiger charge is -2.31. The average molecular weight is 457 g/mol. The minimum Gasteiger partial charge on any atom is -0.507 e. The number of allylic oxidation sites excluding steroid dienone is 6. The van der Waals surface area contributed by atoms with Crippen LogP contribution in [-0.4, -0.2) is 10.2 Å². The van der Waals surface area contributed by atoms with Gasteiger partial charge in [-0.25, -0.2) is 0 Å². The maximum Gasteiger partial charge on any atom is 0.123 e. The maximum atomic E-state index is 11.5. The molecule has 180 valence electrons. The first-order valence-corrected chi connectivity index (χ1v) is 12.2. The molecule has 1 aliphatic rings. The fourth-order valence-corrected chi connectivity index (χ4v) is 5.05. The summed E-state index contributed by atoms with van der Waals surface area (Å²) in [5, 5.41) is 22.5. The van der Waals surface area contributed by atoms with Crippen LogP contribution in [0.15, 0.2) is 47.6 Å². The summed E-state index contributed by atoms with van der Waals surface area (Å²) in [7, 11) is 0. The molecule has 3 rings (SSSR count). The number of aryl methyl sites for hydroxylation is 1. The predicted molar refractivity (Wildman–Crippen MR) is 146 cm³/mol. The SMILES string of the molecule is C=C1c2c(O)cc(C)c(CC=C(C)C)c2Cc2c(CC=C(C)C)c(O)c(CC=C(C)C)c(C)c21. The number of hydrogen-bond donors (Lipinski definition) is 2. The third kappa shape index (κ3) is 4.92. The molecule has 2 aromatic rings. The molecule has 2 N–H and O–H groups in total. The second-order valence-electron chi connectivity index (χ2n) is 10.4. The van der Waals surface area contributed by atoms with Crippen LogP contribution in [-0.2, 0) is 25.7 Å². The topological polar surface area (TPSA) is 40.5 Å². The second kappa shape index (κ2) is 10.1. The zero-order valence-electron chi connectivity index (χ0n) is 22.2. The number of fused-ring (bicyclic) bond motifs is 2. The van der Waals surface area contributed by atoms with Crippen LogP contribution in [0.4, 0.5) is 0 Å². The highest BCUT2D eigenvalue weighted by molar-refractivity contribution is 5.91. The molecule has 2 heteroatoms. The Morgan fingerprint density at radius 2 is 1.24 bits per heavy atom. The standard InChI is InChI=1S/C32H40O2/c1-18(2)10-13-24-21(7)16-29(33)31-23(9)30-22(8)25(14-11-19(3)4)32(34)26(15-12-20(5)6)28(30)17-27(24)31/h10-12,16,33-34H,9,13-15,17H2,1-8H3. The van der Waals surface area contributed by atoms with Crippen LogP contribution in [0.5, 0.6) is 11.5 Å². The largest absolute Gasteiger partial charge is 0.507 e. The second-order valence-corrected chi connectivity index (χ2v) is 10.4. The van der Waals surface area contributed by atoms with E-state index in [4.69, 9.17) is 0 Å². The van der Waals surface area contributed by atoms with Gasteiger partial charge in [0.25, 0.3) is 0 Å². The molecule has 0 saturated heterocycles. The van der Waals surface area contributed by atoms with Gasteiger partial charge >= 0.3 is 0 Å². The van der Waals surface area contributed by atoms with E-state index in [1.54, 1.807) is 0 Å². The molecule has 0 saturated carbocycles. The number of phenols is 2. The van der Waals surface area contributed by atoms with Gasteiger partial charge in [-0.05, 0) is 126 Å². The summed E-state index contributed by atoms with van der Waals surface area (Å²) in [6.07, 6.45) is 9.47. The van der Waals surface area contributed by atoms with Gasteiger partial charge in [-0.15, -0.1) is 0 Å². The number of aromatic hydroxyl groups is 2. The molecule has 0 atom stereocenters. The molecule has 0 fully saturated rings. The summed E-state index contributed by atoms with van der Waals surface area (Å²) in [6, 6.07) is 1.88. The van der Waals surface area contributed by atoms with Crippen molar-refractivity contribution in [1.82, 2.24) is 0 Å². The van der Waals surface area contributed by atoms with E-state index in [-0.39, 0.29) is 0 Å². The fraction of sp³-hybridized carbons (Fsp3) is 0.375. The van der Waals surface area contributed by atoms with Gasteiger partial charge < -0.3 is 10.2 Å². The molecular weight excluding hydrogens is 416 g/mol. The van der Waals surface area contributed by atoms with Gasteiger partial charge in [0.15, 0.2) is 0 Å². The monoisotopic (exact) mass is 456 g/mol. The van der Waals surface area contributed by atoms with Crippen LogP contribution in [0.1, 0.15) is 91.6 Å². The third-order valence-corrected chi connectivity index (χ3v) is 6.92. The van der Waals surface area contributed by atoms with E-state index in [1.807, 2.05) is 6.07 Å². The van der Waals surface area contributed by atoms with Gasteiger partial charge in [-0.3, -0.25) is 0 Å². The lowest BCUT2D eigenvalue weighted by molar-refractivity contribution is 0.462. The van der Waals surface area contributed by atoms with Crippen molar-refractivity contribution in [1.29, 1.82) is 0 Å². The van der Waals surface area contributed by atoms with E-state index >= 15 is 0 Å². The number of phenolic OH excluding ortho intramolecular Hbond substituents is 2. The highest BCUT2D eigenvalue weighted by Crippen LogP contribution is 2.48. The van der Waals surface area contributed by atoms with Crippen molar-refractivity contribution in [2.24, 2.45) is 0 Å². The first-order chi connectivity index (χ1) is 15.9. The minimum absolute atomic E-state index is 0.299. The molecule has 1 aliphatic carbocycles. The molecule has 0 unspecified atom stereocenters. The molecule has 0 bridgehead atoms. The van der Waals surface area contributed by atoms with Crippen LogP contribution >= 0.6 is 0 Å². The Kier molecular flexibility index (Phi) is 7.60. The molecule has 34 heavy (non-hydrogen) atoms. The van der Waals surface area contributed by atoms with Gasteiger partial charge in [0.05, 0.1) is 0 Å². The Labute approximate surface area is 206 Å². The molecule has 2 nitrogen and oxygen atoms in total. The van der Waals surface area contributed by atoms with Gasteiger partial charge in [0, 0.05) is 16.7 Å². The normalized spacial score (nSPS) is 12.1. The van der Waals surface area contributed by atoms with Crippen molar-refractivity contribution in [2.45, 2.75) is 81.1 Å². The molecule has 0 aromatic heterocycles. The van der Waals surface area contributed by atoms with Gasteiger partial charge in [0.1, 0.15) is 11.5 Å². The lowest BCUT2D eigenvalue weighted by Crippen LogP contribution is -2.16. The Hall–Kier alpha value is -3.00. The van der Waals surface area contributed by atoms with Crippen molar-refractivity contribution in [3.8, 4) is 11.5 Å². The number of hydrogen-bond acceptors (Lipinski definition) is 2. The van der Waals surface area contributed by atoms with E-state index in [2.05, 4.69) is 80.2 Å². The third-order valence-electron chi connectivity index (χ3n) is 6.92. The summed E-state index contributed by atoms with van der Waals surface area (Å²) < 4.78 is 0. The summed E-state index contributed by atoms with van der Waals surface area (Å²) in [5.74, 6) is 0.707. The van der Waals surface area contributed by atoms with Gasteiger partial charge in [-0.2, -0.15) is 0 Å². The molecule has 0 heterocycles. The lowest BCUT2D eigenvalue weighted by atomic mass is 9.73. The summed E-state index contributed by atoms with van der Waals surface area (Å²) >= 11 is 0. The number of rotatable bonds is 6. The van der Waals surface area contributed by atoms with Crippen LogP contribution in [0, 0.1) is 13.8 Å². The first kappa shape index (κ1) is 25.6. The van der Waals surface area contributed by atoms with Gasteiger partial charge in [-0.1, -0.05) is 41.5 Å². The fourth-order valence-electron chi connectivity index (χ4n) is 5.05. The smallest absolute Gasteiger partial charge is 0.123 e. The summed E-state index contributed by atoms with van der Waals surface area (Å²) in [6.45, 7) is 21.2. The number of benzene rings is 2. The molecular formula is C32H40O2. The Balaban J connectivity index is 2.34. The minimum atomic E-state index is 0.299. The van der Waals surface area contributed by atoms with Crippen LogP contribution in [0.25, 0.3) is 5.57 Å². The predicted octanol–water partition coefficient (Wildman–Crippen LogP) is 8.21. The Bertz CT molecular complexity index is 1240. The maximum absolute atomic E-state index is 11.5. The zero-order chi connectivity index (χ0) is 25.3. The van der Waals surface area contributed by atoms with Gasteiger partial charge in [0.2, 0.25) is 0 Å². The Morgan fingerprint density at radius 1 is 0.765 bits per heavy atom. The van der Waals surface area contributed by atoms with Crippen LogP contribution in [0.2, 0.25) is 0 Å². The molecule has 0 radical (unpaired) electrons. The zero-order valence-corrected chi connectivity index (χ0v) is 22.2. The van der Waals surface area contributed by atoms with E-state index in [0.717, 1.165) is 56.5 Å². The van der Waals surface area contributed by atoms with Crippen molar-refractivity contribution in [3.05, 3.63) is 97.7 Å². The van der Waals surface area contributed by atoms with E-state index in [0.29, 0.717) is 30.8 Å².